The Morgan fingerprint density at radius 3 is 2.28 bits per heavy atom. The largest absolute Gasteiger partial charge is 0.459 e. The zero-order chi connectivity index (χ0) is 36.0. The number of nitrogens with zero attached hydrogens (tertiary/aromatic N) is 1. The number of rotatable bonds is 8. The van der Waals surface area contributed by atoms with Gasteiger partial charge in [0.05, 0.1) is 42.0 Å². The van der Waals surface area contributed by atoms with E-state index in [-0.39, 0.29) is 30.8 Å². The lowest BCUT2D eigenvalue weighted by molar-refractivity contribution is -0.304. The third-order valence-electron chi connectivity index (χ3n) is 10.3. The van der Waals surface area contributed by atoms with Gasteiger partial charge in [-0.2, -0.15) is 0 Å². The first-order chi connectivity index (χ1) is 21.8. The van der Waals surface area contributed by atoms with Crippen molar-refractivity contribution in [1.29, 1.82) is 0 Å². The Bertz CT molecular complexity index is 1110. The maximum Gasteiger partial charge on any atom is 0.311 e. The van der Waals surface area contributed by atoms with Gasteiger partial charge >= 0.3 is 11.9 Å². The van der Waals surface area contributed by atoms with Crippen LogP contribution >= 0.6 is 0 Å². The quantitative estimate of drug-likeness (QED) is 0.256. The topological polar surface area (TPSA) is 161 Å². The van der Waals surface area contributed by atoms with Crippen LogP contribution in [0.4, 0.5) is 0 Å². The minimum Gasteiger partial charge on any atom is -0.459 e. The second kappa shape index (κ2) is 17.0. The number of hydrogen-bond donors (Lipinski definition) is 3. The molecule has 270 valence electrons. The number of likely N-dealkylation sites (N-methyl/N-ethyl adjacent to an activating group) is 1. The van der Waals surface area contributed by atoms with Gasteiger partial charge in [-0.1, -0.05) is 27.7 Å². The highest BCUT2D eigenvalue weighted by Crippen LogP contribution is 2.39. The predicted molar refractivity (Wildman–Crippen MR) is 174 cm³/mol. The summed E-state index contributed by atoms with van der Waals surface area (Å²) in [6.07, 6.45) is -0.579. The Hall–Kier alpha value is -2.11. The maximum atomic E-state index is 13.8. The van der Waals surface area contributed by atoms with Crippen LogP contribution in [0.25, 0.3) is 0 Å². The van der Waals surface area contributed by atoms with Gasteiger partial charge in [-0.3, -0.25) is 19.3 Å². The van der Waals surface area contributed by atoms with Crippen molar-refractivity contribution in [2.24, 2.45) is 23.7 Å². The summed E-state index contributed by atoms with van der Waals surface area (Å²) < 4.78 is 30.6. The molecule has 0 amide bonds. The minimum absolute atomic E-state index is 0.0886. The van der Waals surface area contributed by atoms with Crippen LogP contribution in [0.15, 0.2) is 0 Å². The Balaban J connectivity index is 2.67. The smallest absolute Gasteiger partial charge is 0.311 e. The lowest BCUT2D eigenvalue weighted by Crippen LogP contribution is -2.61. The normalized spacial score (nSPS) is 42.7. The molecule has 0 radical (unpaired) electrons. The summed E-state index contributed by atoms with van der Waals surface area (Å²) in [6.45, 7) is 15.0. The Kier molecular flexibility index (Phi) is 14.9. The van der Waals surface area contributed by atoms with Crippen LogP contribution in [-0.4, -0.2) is 119 Å². The molecule has 2 aliphatic rings. The molecule has 14 atom stereocenters. The zero-order valence-electron chi connectivity index (χ0n) is 30.1. The number of carbonyl (C=O) groups excluding carboxylic acids is 3. The monoisotopic (exact) mass is 669 g/mol. The summed E-state index contributed by atoms with van der Waals surface area (Å²) >= 11 is 0. The molecule has 2 heterocycles. The van der Waals surface area contributed by atoms with E-state index in [0.717, 1.165) is 0 Å². The van der Waals surface area contributed by atoms with E-state index in [1.165, 1.54) is 34.8 Å². The Labute approximate surface area is 280 Å². The second-order valence-corrected chi connectivity index (χ2v) is 14.1. The van der Waals surface area contributed by atoms with Gasteiger partial charge in [-0.25, -0.2) is 0 Å². The highest BCUT2D eigenvalue weighted by atomic mass is 16.7. The maximum absolute atomic E-state index is 13.8. The number of terminal acetylenes is 1. The lowest BCUT2D eigenvalue weighted by atomic mass is 9.74. The van der Waals surface area contributed by atoms with Crippen molar-refractivity contribution in [2.75, 3.05) is 20.7 Å². The average Bonchev–Trinajstić information content (AvgIpc) is 3.02. The minimum atomic E-state index is -1.94. The first-order valence-electron chi connectivity index (χ1n) is 16.8. The molecule has 0 saturated carbocycles. The van der Waals surface area contributed by atoms with Crippen LogP contribution in [0.2, 0.25) is 0 Å². The SMILES string of the molecule is C#CCCN(C)[C@H]1C[C@@H](C)O[C@@H](O[C@@H]2[C@@H](C)[C@H](O)[C@@H](C)C(=O)O[C@H](CC)[C@@](C)(O)[C@H](O)[C@@H](C)C(=O)[C@H](C)C[C@@]2(C)OC)[C@@H]1OC(C)=O. The molecule has 3 N–H and O–H groups in total. The van der Waals surface area contributed by atoms with Crippen molar-refractivity contribution >= 4 is 17.7 Å². The summed E-state index contributed by atoms with van der Waals surface area (Å²) in [4.78, 5) is 41.6. The number of hydrogen-bond acceptors (Lipinski definition) is 12. The Morgan fingerprint density at radius 2 is 1.74 bits per heavy atom. The van der Waals surface area contributed by atoms with Crippen LogP contribution in [-0.2, 0) is 38.1 Å². The number of Topliss-reactive ketones (excluding diaryl/α,β-unsaturated/α-hetero) is 1. The first-order valence-corrected chi connectivity index (χ1v) is 16.8. The number of ketones is 1. The third kappa shape index (κ3) is 9.53. The van der Waals surface area contributed by atoms with Gasteiger partial charge < -0.3 is 39.0 Å². The number of carbonyl (C=O) groups is 3. The lowest BCUT2D eigenvalue weighted by Gasteiger charge is -2.49. The molecule has 0 aromatic rings. The van der Waals surface area contributed by atoms with Crippen LogP contribution in [0.3, 0.4) is 0 Å². The molecule has 0 unspecified atom stereocenters. The van der Waals surface area contributed by atoms with Gasteiger partial charge in [0.15, 0.2) is 12.4 Å². The Morgan fingerprint density at radius 1 is 1.13 bits per heavy atom. The predicted octanol–water partition coefficient (Wildman–Crippen LogP) is 2.48. The fraction of sp³-hybridized carbons (Fsp3) is 0.857. The fourth-order valence-corrected chi connectivity index (χ4v) is 7.22. The molecule has 0 spiro atoms. The zero-order valence-corrected chi connectivity index (χ0v) is 30.1. The first kappa shape index (κ1) is 41.1. The van der Waals surface area contributed by atoms with Crippen molar-refractivity contribution in [2.45, 2.75) is 148 Å². The molecule has 0 aromatic heterocycles. The number of aliphatic hydroxyl groups is 3. The molecule has 12 heteroatoms. The molecule has 12 nitrogen and oxygen atoms in total. The summed E-state index contributed by atoms with van der Waals surface area (Å²) in [5, 5.41) is 34.3. The van der Waals surface area contributed by atoms with E-state index in [9.17, 15) is 29.7 Å². The van der Waals surface area contributed by atoms with Crippen LogP contribution < -0.4 is 0 Å². The number of ether oxygens (including phenoxy) is 5. The van der Waals surface area contributed by atoms with Gasteiger partial charge in [0.1, 0.15) is 17.5 Å². The highest BCUT2D eigenvalue weighted by Gasteiger charge is 2.52. The van der Waals surface area contributed by atoms with Crippen LogP contribution in [0, 0.1) is 36.0 Å². The molecule has 2 aliphatic heterocycles. The van der Waals surface area contributed by atoms with Gasteiger partial charge in [0, 0.05) is 44.8 Å². The van der Waals surface area contributed by atoms with E-state index in [0.29, 0.717) is 19.4 Å². The van der Waals surface area contributed by atoms with Gasteiger partial charge in [-0.15, -0.1) is 12.3 Å². The van der Waals surface area contributed by atoms with E-state index in [1.807, 2.05) is 18.9 Å². The molecule has 0 aromatic carbocycles. The van der Waals surface area contributed by atoms with Crippen molar-refractivity contribution in [3.8, 4) is 12.3 Å². The number of cyclic esters (lactones) is 1. The van der Waals surface area contributed by atoms with Gasteiger partial charge in [0.2, 0.25) is 0 Å². The molecule has 2 saturated heterocycles. The van der Waals surface area contributed by atoms with Crippen molar-refractivity contribution in [1.82, 2.24) is 4.90 Å². The van der Waals surface area contributed by atoms with Crippen molar-refractivity contribution in [3.63, 3.8) is 0 Å². The van der Waals surface area contributed by atoms with Crippen molar-refractivity contribution in [3.05, 3.63) is 0 Å². The van der Waals surface area contributed by atoms with E-state index < -0.39 is 83.6 Å². The summed E-state index contributed by atoms with van der Waals surface area (Å²) in [5.41, 5.74) is -3.21. The van der Waals surface area contributed by atoms with Gasteiger partial charge in [-0.05, 0) is 54.0 Å². The molecular formula is C35H59NO11. The third-order valence-corrected chi connectivity index (χ3v) is 10.3. The van der Waals surface area contributed by atoms with Crippen molar-refractivity contribution < 1.29 is 53.4 Å². The van der Waals surface area contributed by atoms with E-state index in [2.05, 4.69) is 5.92 Å². The average molecular weight is 670 g/mol. The number of aliphatic hydroxyl groups excluding tert-OH is 2. The summed E-state index contributed by atoms with van der Waals surface area (Å²) in [6, 6.07) is -0.316. The molecule has 0 aliphatic carbocycles. The van der Waals surface area contributed by atoms with Crippen LogP contribution in [0.1, 0.15) is 88.0 Å². The molecular weight excluding hydrogens is 610 g/mol. The summed E-state index contributed by atoms with van der Waals surface area (Å²) in [7, 11) is 3.35. The van der Waals surface area contributed by atoms with E-state index in [4.69, 9.17) is 30.1 Å². The fourth-order valence-electron chi connectivity index (χ4n) is 7.22. The van der Waals surface area contributed by atoms with Crippen LogP contribution in [0.5, 0.6) is 0 Å². The molecule has 47 heavy (non-hydrogen) atoms. The molecule has 2 rings (SSSR count). The standard InChI is InChI=1S/C35H59NO11/c1-13-15-16-36(11)25-17-20(4)44-33(29(25)45-24(8)37)47-31-22(6)28(39)23(7)32(41)46-26(14-2)35(10,42)30(40)21(5)27(38)19(3)18-34(31,9)43-12/h1,19-23,25-26,28-31,33,39-40,42H,14-18H2,2-12H3/t19-,20-,21+,22+,23-,25+,26-,28+,29-,30-,31-,33+,34-,35-/m1/s1. The van der Waals surface area contributed by atoms with E-state index >= 15 is 0 Å². The number of methoxy groups -OCH3 is 1. The molecule has 0 bridgehead atoms. The van der Waals surface area contributed by atoms with Gasteiger partial charge in [0.25, 0.3) is 0 Å². The summed E-state index contributed by atoms with van der Waals surface area (Å²) in [5.74, 6) is -2.64. The second-order valence-electron chi connectivity index (χ2n) is 14.1. The molecule has 2 fully saturated rings. The van der Waals surface area contributed by atoms with E-state index in [1.54, 1.807) is 27.7 Å². The number of esters is 2. The highest BCUT2D eigenvalue weighted by molar-refractivity contribution is 5.83.